The van der Waals surface area contributed by atoms with Crippen LogP contribution in [0.3, 0.4) is 0 Å². The van der Waals surface area contributed by atoms with Crippen LogP contribution in [0.1, 0.15) is 47.0 Å². The Bertz CT molecular complexity index is 250. The molecule has 0 atom stereocenters. The van der Waals surface area contributed by atoms with E-state index in [1.165, 1.54) is 0 Å². The third-order valence-corrected chi connectivity index (χ3v) is 3.03. The normalized spacial score (nSPS) is 14.1. The van der Waals surface area contributed by atoms with Crippen molar-refractivity contribution in [3.05, 3.63) is 0 Å². The van der Waals surface area contributed by atoms with Crippen LogP contribution in [0.25, 0.3) is 0 Å². The van der Waals surface area contributed by atoms with E-state index >= 15 is 0 Å². The molecule has 5 N–H and O–H groups in total. The molecule has 0 amide bonds. The predicted octanol–water partition coefficient (Wildman–Crippen LogP) is 1.29. The highest BCUT2D eigenvalue weighted by Crippen LogP contribution is 2.23. The standard InChI is InChI=1S/C12H27N3O2/c1-11(2,10(13)15-17)7-5-6-8-14-12(3,4)9-16/h14,16-17H,5-9H2,1-4H3,(H2,13,15). The number of unbranched alkanes of at least 4 members (excludes halogenated alkanes) is 1. The van der Waals surface area contributed by atoms with E-state index < -0.39 is 0 Å². The van der Waals surface area contributed by atoms with Crippen LogP contribution < -0.4 is 11.1 Å². The smallest absolute Gasteiger partial charge is 0.144 e. The number of rotatable bonds is 8. The predicted molar refractivity (Wildman–Crippen MR) is 70.2 cm³/mol. The molecule has 0 spiro atoms. The fourth-order valence-corrected chi connectivity index (χ4v) is 1.44. The summed E-state index contributed by atoms with van der Waals surface area (Å²) in [5.74, 6) is 0.279. The van der Waals surface area contributed by atoms with Crippen LogP contribution in [0.4, 0.5) is 0 Å². The first-order valence-electron chi connectivity index (χ1n) is 6.09. The minimum Gasteiger partial charge on any atom is -0.409 e. The van der Waals surface area contributed by atoms with Crippen molar-refractivity contribution in [3.63, 3.8) is 0 Å². The molecule has 0 rings (SSSR count). The number of hydrogen-bond acceptors (Lipinski definition) is 4. The molecule has 0 bridgehead atoms. The lowest BCUT2D eigenvalue weighted by atomic mass is 9.86. The number of aliphatic hydroxyl groups excluding tert-OH is 1. The van der Waals surface area contributed by atoms with E-state index in [1.807, 2.05) is 27.7 Å². The second kappa shape index (κ2) is 6.81. The molecule has 0 heterocycles. The number of aliphatic hydroxyl groups is 1. The van der Waals surface area contributed by atoms with Gasteiger partial charge in [0.05, 0.1) is 6.61 Å². The average molecular weight is 245 g/mol. The van der Waals surface area contributed by atoms with Gasteiger partial charge in [0.1, 0.15) is 5.84 Å². The number of nitrogens with two attached hydrogens (primary N) is 1. The zero-order chi connectivity index (χ0) is 13.5. The molecular weight excluding hydrogens is 218 g/mol. The minimum absolute atomic E-state index is 0.128. The number of nitrogens with one attached hydrogen (secondary N) is 1. The van der Waals surface area contributed by atoms with Gasteiger partial charge in [-0.1, -0.05) is 25.4 Å². The lowest BCUT2D eigenvalue weighted by Crippen LogP contribution is -2.43. The molecule has 0 fully saturated rings. The van der Waals surface area contributed by atoms with Crippen LogP contribution in [0.15, 0.2) is 5.16 Å². The number of nitrogens with zero attached hydrogens (tertiary/aromatic N) is 1. The third-order valence-electron chi connectivity index (χ3n) is 3.03. The van der Waals surface area contributed by atoms with Gasteiger partial charge in [-0.2, -0.15) is 0 Å². The summed E-state index contributed by atoms with van der Waals surface area (Å²) < 4.78 is 0. The van der Waals surface area contributed by atoms with Crippen molar-refractivity contribution >= 4 is 5.84 Å². The first-order valence-corrected chi connectivity index (χ1v) is 6.09. The zero-order valence-electron chi connectivity index (χ0n) is 11.5. The zero-order valence-corrected chi connectivity index (χ0v) is 11.5. The summed E-state index contributed by atoms with van der Waals surface area (Å²) in [5, 5.41) is 24.0. The summed E-state index contributed by atoms with van der Waals surface area (Å²) >= 11 is 0. The quantitative estimate of drug-likeness (QED) is 0.170. The lowest BCUT2D eigenvalue weighted by molar-refractivity contribution is 0.188. The molecule has 102 valence electrons. The molecule has 0 saturated carbocycles. The van der Waals surface area contributed by atoms with Gasteiger partial charge in [-0.15, -0.1) is 0 Å². The van der Waals surface area contributed by atoms with Crippen LogP contribution in [0, 0.1) is 5.41 Å². The van der Waals surface area contributed by atoms with Crippen molar-refractivity contribution in [1.29, 1.82) is 0 Å². The molecular formula is C12H27N3O2. The lowest BCUT2D eigenvalue weighted by Gasteiger charge is -2.25. The molecule has 0 aromatic heterocycles. The first-order chi connectivity index (χ1) is 7.75. The monoisotopic (exact) mass is 245 g/mol. The van der Waals surface area contributed by atoms with E-state index in [2.05, 4.69) is 10.5 Å². The van der Waals surface area contributed by atoms with Crippen LogP contribution >= 0.6 is 0 Å². The average Bonchev–Trinajstić information content (AvgIpc) is 2.27. The summed E-state index contributed by atoms with van der Waals surface area (Å²) in [7, 11) is 0. The van der Waals surface area contributed by atoms with E-state index in [-0.39, 0.29) is 23.4 Å². The number of hydrogen-bond donors (Lipinski definition) is 4. The van der Waals surface area contributed by atoms with Crippen LogP contribution in [-0.4, -0.2) is 34.8 Å². The van der Waals surface area contributed by atoms with E-state index in [0.29, 0.717) is 0 Å². The molecule has 0 aromatic carbocycles. The highest BCUT2D eigenvalue weighted by molar-refractivity contribution is 5.85. The molecule has 0 aliphatic heterocycles. The Morgan fingerprint density at radius 2 is 1.82 bits per heavy atom. The second-order valence-corrected chi connectivity index (χ2v) is 5.80. The molecule has 0 aromatic rings. The molecule has 0 radical (unpaired) electrons. The summed E-state index contributed by atoms with van der Waals surface area (Å²) in [5.41, 5.74) is 5.12. The Hall–Kier alpha value is -0.810. The fraction of sp³-hybridized carbons (Fsp3) is 0.917. The van der Waals surface area contributed by atoms with E-state index in [0.717, 1.165) is 25.8 Å². The summed E-state index contributed by atoms with van der Waals surface area (Å²) in [6, 6.07) is 0. The fourth-order valence-electron chi connectivity index (χ4n) is 1.44. The summed E-state index contributed by atoms with van der Waals surface area (Å²) in [6.07, 6.45) is 2.88. The Balaban J connectivity index is 3.79. The van der Waals surface area contributed by atoms with Gasteiger partial charge in [0, 0.05) is 11.0 Å². The molecule has 0 aliphatic carbocycles. The molecule has 17 heavy (non-hydrogen) atoms. The minimum atomic E-state index is -0.263. The van der Waals surface area contributed by atoms with Gasteiger partial charge >= 0.3 is 0 Å². The summed E-state index contributed by atoms with van der Waals surface area (Å²) in [6.45, 7) is 8.85. The van der Waals surface area contributed by atoms with Gasteiger partial charge in [-0.25, -0.2) is 0 Å². The van der Waals surface area contributed by atoms with E-state index in [9.17, 15) is 0 Å². The van der Waals surface area contributed by atoms with Crippen molar-refractivity contribution in [2.24, 2.45) is 16.3 Å². The van der Waals surface area contributed by atoms with Crippen LogP contribution in [-0.2, 0) is 0 Å². The summed E-state index contributed by atoms with van der Waals surface area (Å²) in [4.78, 5) is 0. The number of oxime groups is 1. The van der Waals surface area contributed by atoms with Crippen LogP contribution in [0.5, 0.6) is 0 Å². The second-order valence-electron chi connectivity index (χ2n) is 5.80. The Kier molecular flexibility index (Phi) is 6.49. The van der Waals surface area contributed by atoms with Gasteiger partial charge in [0.2, 0.25) is 0 Å². The Morgan fingerprint density at radius 1 is 1.24 bits per heavy atom. The maximum Gasteiger partial charge on any atom is 0.144 e. The molecule has 0 unspecified atom stereocenters. The Morgan fingerprint density at radius 3 is 2.29 bits per heavy atom. The van der Waals surface area contributed by atoms with Crippen molar-refractivity contribution in [3.8, 4) is 0 Å². The SMILES string of the molecule is CC(C)(CO)NCCCCC(C)(C)C(N)=NO. The van der Waals surface area contributed by atoms with Gasteiger partial charge < -0.3 is 21.4 Å². The van der Waals surface area contributed by atoms with Gasteiger partial charge in [-0.05, 0) is 33.2 Å². The van der Waals surface area contributed by atoms with Crippen molar-refractivity contribution in [1.82, 2.24) is 5.32 Å². The largest absolute Gasteiger partial charge is 0.409 e. The highest BCUT2D eigenvalue weighted by atomic mass is 16.4. The first kappa shape index (κ1) is 16.2. The van der Waals surface area contributed by atoms with Gasteiger partial charge in [-0.3, -0.25) is 0 Å². The van der Waals surface area contributed by atoms with Gasteiger partial charge in [0.25, 0.3) is 0 Å². The molecule has 0 saturated heterocycles. The van der Waals surface area contributed by atoms with Crippen molar-refractivity contribution < 1.29 is 10.3 Å². The van der Waals surface area contributed by atoms with Gasteiger partial charge in [0.15, 0.2) is 0 Å². The maximum absolute atomic E-state index is 9.06. The molecule has 5 nitrogen and oxygen atoms in total. The van der Waals surface area contributed by atoms with E-state index in [1.54, 1.807) is 0 Å². The molecule has 0 aliphatic rings. The van der Waals surface area contributed by atoms with Crippen LogP contribution in [0.2, 0.25) is 0 Å². The Labute approximate surface area is 104 Å². The molecule has 5 heteroatoms. The highest BCUT2D eigenvalue weighted by Gasteiger charge is 2.23. The van der Waals surface area contributed by atoms with E-state index in [4.69, 9.17) is 16.0 Å². The van der Waals surface area contributed by atoms with Crippen molar-refractivity contribution in [2.75, 3.05) is 13.2 Å². The maximum atomic E-state index is 9.06. The number of amidine groups is 1. The van der Waals surface area contributed by atoms with Crippen molar-refractivity contribution in [2.45, 2.75) is 52.5 Å². The third kappa shape index (κ3) is 6.48. The topological polar surface area (TPSA) is 90.9 Å².